The minimum atomic E-state index is -0.165. The van der Waals surface area contributed by atoms with Gasteiger partial charge in [-0.05, 0) is 44.9 Å². The molecule has 0 spiro atoms. The highest BCUT2D eigenvalue weighted by Gasteiger charge is 2.14. The first-order chi connectivity index (χ1) is 11.0. The van der Waals surface area contributed by atoms with E-state index >= 15 is 0 Å². The topological polar surface area (TPSA) is 69.0 Å². The van der Waals surface area contributed by atoms with Gasteiger partial charge in [-0.1, -0.05) is 6.92 Å². The average Bonchev–Trinajstić information content (AvgIpc) is 2.83. The second kappa shape index (κ2) is 7.76. The summed E-state index contributed by atoms with van der Waals surface area (Å²) in [5.74, 6) is 0.477. The maximum absolute atomic E-state index is 12.3. The summed E-state index contributed by atoms with van der Waals surface area (Å²) in [5.41, 5.74) is 2.61. The number of carbonyl (C=O) groups excluding carboxylic acids is 1. The van der Waals surface area contributed by atoms with E-state index in [0.29, 0.717) is 24.6 Å². The van der Waals surface area contributed by atoms with Crippen molar-refractivity contribution in [1.82, 2.24) is 20.1 Å². The lowest BCUT2D eigenvalue weighted by Gasteiger charge is -2.15. The van der Waals surface area contributed by atoms with E-state index in [0.717, 1.165) is 17.9 Å². The third kappa shape index (κ3) is 4.55. The minimum Gasteiger partial charge on any atom is -0.477 e. The van der Waals surface area contributed by atoms with Gasteiger partial charge in [0.15, 0.2) is 0 Å². The molecule has 0 aliphatic carbocycles. The number of carbonyl (C=O) groups is 1. The number of pyridine rings is 1. The van der Waals surface area contributed by atoms with Crippen molar-refractivity contribution in [3.63, 3.8) is 0 Å². The monoisotopic (exact) mass is 316 g/mol. The molecule has 6 nitrogen and oxygen atoms in total. The zero-order valence-electron chi connectivity index (χ0n) is 14.2. The molecule has 1 atom stereocenters. The zero-order chi connectivity index (χ0) is 16.8. The molecule has 2 heterocycles. The summed E-state index contributed by atoms with van der Waals surface area (Å²) in [6.45, 7) is 9.79. The molecular weight excluding hydrogens is 292 g/mol. The van der Waals surface area contributed by atoms with Crippen LogP contribution in [0.25, 0.3) is 0 Å². The Morgan fingerprint density at radius 1 is 1.43 bits per heavy atom. The highest BCUT2D eigenvalue weighted by Crippen LogP contribution is 2.14. The summed E-state index contributed by atoms with van der Waals surface area (Å²) in [6.07, 6.45) is 1.62. The number of amides is 1. The Morgan fingerprint density at radius 2 is 2.22 bits per heavy atom. The largest absolute Gasteiger partial charge is 0.477 e. The lowest BCUT2D eigenvalue weighted by Crippen LogP contribution is -2.30. The Hall–Kier alpha value is -2.37. The van der Waals surface area contributed by atoms with Crippen LogP contribution in [-0.2, 0) is 6.54 Å². The number of rotatable bonds is 7. The predicted octanol–water partition coefficient (Wildman–Crippen LogP) is 2.36. The molecule has 0 aliphatic heterocycles. The molecule has 23 heavy (non-hydrogen) atoms. The van der Waals surface area contributed by atoms with Gasteiger partial charge in [-0.2, -0.15) is 5.10 Å². The highest BCUT2D eigenvalue weighted by molar-refractivity contribution is 5.96. The third-order valence-corrected chi connectivity index (χ3v) is 3.50. The van der Waals surface area contributed by atoms with E-state index in [2.05, 4.69) is 28.4 Å². The van der Waals surface area contributed by atoms with Crippen molar-refractivity contribution < 1.29 is 9.53 Å². The number of hydrogen-bond acceptors (Lipinski definition) is 4. The normalized spacial score (nSPS) is 12.0. The van der Waals surface area contributed by atoms with Gasteiger partial charge in [0.25, 0.3) is 5.91 Å². The van der Waals surface area contributed by atoms with Crippen molar-refractivity contribution in [2.45, 2.75) is 34.2 Å². The summed E-state index contributed by atoms with van der Waals surface area (Å²) in [4.78, 5) is 16.4. The minimum absolute atomic E-state index is 0.165. The van der Waals surface area contributed by atoms with Crippen LogP contribution >= 0.6 is 0 Å². The molecule has 0 fully saturated rings. The Labute approximate surface area is 136 Å². The molecule has 0 aromatic carbocycles. The molecule has 0 saturated heterocycles. The lowest BCUT2D eigenvalue weighted by atomic mass is 10.1. The van der Waals surface area contributed by atoms with Crippen molar-refractivity contribution in [3.8, 4) is 5.88 Å². The maximum Gasteiger partial charge on any atom is 0.256 e. The van der Waals surface area contributed by atoms with Crippen LogP contribution in [0.15, 0.2) is 24.4 Å². The fourth-order valence-electron chi connectivity index (χ4n) is 2.40. The summed E-state index contributed by atoms with van der Waals surface area (Å²) < 4.78 is 7.37. The molecule has 0 saturated carbocycles. The number of nitrogens with one attached hydrogen (secondary N) is 1. The summed E-state index contributed by atoms with van der Waals surface area (Å²) in [5, 5.41) is 7.39. The van der Waals surface area contributed by atoms with E-state index in [-0.39, 0.29) is 11.8 Å². The van der Waals surface area contributed by atoms with Gasteiger partial charge in [0.1, 0.15) is 5.56 Å². The molecule has 1 amide bonds. The predicted molar refractivity (Wildman–Crippen MR) is 88.6 cm³/mol. The molecule has 0 bridgehead atoms. The van der Waals surface area contributed by atoms with Crippen LogP contribution in [0.5, 0.6) is 5.88 Å². The van der Waals surface area contributed by atoms with Gasteiger partial charge < -0.3 is 10.1 Å². The van der Waals surface area contributed by atoms with Crippen LogP contribution < -0.4 is 10.1 Å². The van der Waals surface area contributed by atoms with Gasteiger partial charge in [-0.3, -0.25) is 9.48 Å². The van der Waals surface area contributed by atoms with E-state index in [1.165, 1.54) is 0 Å². The van der Waals surface area contributed by atoms with Crippen molar-refractivity contribution in [2.75, 3.05) is 13.2 Å². The quantitative estimate of drug-likeness (QED) is 0.851. The van der Waals surface area contributed by atoms with Crippen LogP contribution in [0.1, 0.15) is 35.6 Å². The Kier molecular flexibility index (Phi) is 5.73. The smallest absolute Gasteiger partial charge is 0.256 e. The van der Waals surface area contributed by atoms with Gasteiger partial charge in [0, 0.05) is 25.0 Å². The first-order valence-electron chi connectivity index (χ1n) is 7.88. The van der Waals surface area contributed by atoms with E-state index < -0.39 is 0 Å². The summed E-state index contributed by atoms with van der Waals surface area (Å²) in [7, 11) is 0. The van der Waals surface area contributed by atoms with Gasteiger partial charge >= 0.3 is 0 Å². The standard InChI is InChI=1S/C17H24N4O2/c1-5-23-17-15(7-6-8-18-17)16(22)19-10-12(2)11-21-14(4)9-13(3)20-21/h6-9,12H,5,10-11H2,1-4H3,(H,19,22). The Balaban J connectivity index is 1.92. The van der Waals surface area contributed by atoms with Gasteiger partial charge in [0.05, 0.1) is 12.3 Å². The van der Waals surface area contributed by atoms with Crippen LogP contribution in [0, 0.1) is 19.8 Å². The molecule has 124 valence electrons. The Bertz CT molecular complexity index is 666. The zero-order valence-corrected chi connectivity index (χ0v) is 14.2. The molecule has 6 heteroatoms. The van der Waals surface area contributed by atoms with E-state index in [1.54, 1.807) is 18.3 Å². The molecule has 1 N–H and O–H groups in total. The van der Waals surface area contributed by atoms with E-state index in [1.807, 2.05) is 25.5 Å². The van der Waals surface area contributed by atoms with Gasteiger partial charge in [0.2, 0.25) is 5.88 Å². The molecule has 2 aromatic rings. The van der Waals surface area contributed by atoms with Crippen molar-refractivity contribution >= 4 is 5.91 Å². The van der Waals surface area contributed by atoms with Gasteiger partial charge in [-0.25, -0.2) is 4.98 Å². The maximum atomic E-state index is 12.3. The number of aryl methyl sites for hydroxylation is 2. The van der Waals surface area contributed by atoms with Crippen molar-refractivity contribution in [1.29, 1.82) is 0 Å². The summed E-state index contributed by atoms with van der Waals surface area (Å²) >= 11 is 0. The Morgan fingerprint density at radius 3 is 2.87 bits per heavy atom. The molecule has 0 radical (unpaired) electrons. The van der Waals surface area contributed by atoms with E-state index in [4.69, 9.17) is 4.74 Å². The molecule has 0 aliphatic rings. The van der Waals surface area contributed by atoms with Crippen LogP contribution in [0.4, 0.5) is 0 Å². The van der Waals surface area contributed by atoms with E-state index in [9.17, 15) is 4.79 Å². The second-order valence-corrected chi connectivity index (χ2v) is 5.71. The molecule has 1 unspecified atom stereocenters. The molecule has 2 rings (SSSR count). The molecule has 2 aromatic heterocycles. The molecular formula is C17H24N4O2. The van der Waals surface area contributed by atoms with Gasteiger partial charge in [-0.15, -0.1) is 0 Å². The number of nitrogens with zero attached hydrogens (tertiary/aromatic N) is 3. The fraction of sp³-hybridized carbons (Fsp3) is 0.471. The van der Waals surface area contributed by atoms with Crippen molar-refractivity contribution in [3.05, 3.63) is 41.3 Å². The second-order valence-electron chi connectivity index (χ2n) is 5.71. The third-order valence-electron chi connectivity index (χ3n) is 3.50. The summed E-state index contributed by atoms with van der Waals surface area (Å²) in [6, 6.07) is 5.51. The fourth-order valence-corrected chi connectivity index (χ4v) is 2.40. The lowest BCUT2D eigenvalue weighted by molar-refractivity contribution is 0.0942. The van der Waals surface area contributed by atoms with Crippen LogP contribution in [0.3, 0.4) is 0 Å². The SMILES string of the molecule is CCOc1ncccc1C(=O)NCC(C)Cn1nc(C)cc1C. The van der Waals surface area contributed by atoms with Crippen LogP contribution in [0.2, 0.25) is 0 Å². The number of hydrogen-bond donors (Lipinski definition) is 1. The average molecular weight is 316 g/mol. The highest BCUT2D eigenvalue weighted by atomic mass is 16.5. The number of ether oxygens (including phenoxy) is 1. The first kappa shape index (κ1) is 17.0. The first-order valence-corrected chi connectivity index (χ1v) is 7.88. The number of aromatic nitrogens is 3. The van der Waals surface area contributed by atoms with Crippen LogP contribution in [-0.4, -0.2) is 33.8 Å². The van der Waals surface area contributed by atoms with Crippen molar-refractivity contribution in [2.24, 2.45) is 5.92 Å².